The van der Waals surface area contributed by atoms with Gasteiger partial charge in [-0.05, 0) is 56.9 Å². The standard InChI is InChI=1S/C24H30N6O8/c1-7-36-23(34)25-21(32)18(22(33)26-24(35)37-8-2)29-27-15-9-13(5)19(14(6)10-15)38-17-11-16(12(3)4)20(31)30-28-17/h9-12,27H,7-8H2,1-6H3,(H,30,31)(H,25,32,34)(H,26,33,35). The minimum absolute atomic E-state index is 0.0147. The van der Waals surface area contributed by atoms with E-state index in [4.69, 9.17) is 4.74 Å². The molecule has 4 N–H and O–H groups in total. The molecule has 0 spiro atoms. The molecule has 0 saturated heterocycles. The Kier molecular flexibility index (Phi) is 10.5. The highest BCUT2D eigenvalue weighted by Crippen LogP contribution is 2.31. The molecule has 1 aromatic heterocycles. The van der Waals surface area contributed by atoms with Crippen LogP contribution in [0.3, 0.4) is 0 Å². The zero-order valence-electron chi connectivity index (χ0n) is 21.9. The number of nitrogens with one attached hydrogen (secondary N) is 4. The third-order valence-corrected chi connectivity index (χ3v) is 4.81. The molecule has 0 aliphatic heterocycles. The van der Waals surface area contributed by atoms with Crippen molar-refractivity contribution in [1.82, 2.24) is 20.8 Å². The summed E-state index contributed by atoms with van der Waals surface area (Å²) >= 11 is 0. The number of aryl methyl sites for hydroxylation is 2. The Labute approximate surface area is 218 Å². The van der Waals surface area contributed by atoms with Crippen LogP contribution < -0.4 is 26.4 Å². The van der Waals surface area contributed by atoms with Crippen LogP contribution in [0.1, 0.15) is 50.3 Å². The van der Waals surface area contributed by atoms with E-state index in [0.717, 1.165) is 0 Å². The van der Waals surface area contributed by atoms with Gasteiger partial charge in [0.05, 0.1) is 18.9 Å². The van der Waals surface area contributed by atoms with Crippen molar-refractivity contribution in [2.24, 2.45) is 5.10 Å². The van der Waals surface area contributed by atoms with E-state index in [9.17, 15) is 24.0 Å². The molecule has 0 bridgehead atoms. The van der Waals surface area contributed by atoms with Gasteiger partial charge in [0.25, 0.3) is 17.4 Å². The number of carbonyl (C=O) groups is 4. The molecule has 1 heterocycles. The number of ether oxygens (including phenoxy) is 3. The number of aromatic amines is 1. The molecule has 0 aliphatic carbocycles. The van der Waals surface area contributed by atoms with Crippen LogP contribution in [0.5, 0.6) is 11.6 Å². The van der Waals surface area contributed by atoms with Crippen molar-refractivity contribution >= 4 is 35.4 Å². The Morgan fingerprint density at radius 1 is 0.947 bits per heavy atom. The first-order valence-corrected chi connectivity index (χ1v) is 11.6. The summed E-state index contributed by atoms with van der Waals surface area (Å²) in [6.45, 7) is 10.3. The Bertz CT molecular complexity index is 1240. The number of amides is 4. The number of hydrazone groups is 1. The van der Waals surface area contributed by atoms with E-state index in [1.165, 1.54) is 13.8 Å². The number of rotatable bonds is 9. The van der Waals surface area contributed by atoms with Gasteiger partial charge < -0.3 is 14.2 Å². The van der Waals surface area contributed by atoms with E-state index >= 15 is 0 Å². The summed E-state index contributed by atoms with van der Waals surface area (Å²) in [7, 11) is 0. The topological polar surface area (TPSA) is 190 Å². The number of alkyl carbamates (subject to hydrolysis) is 2. The summed E-state index contributed by atoms with van der Waals surface area (Å²) in [6.07, 6.45) is -2.20. The first-order chi connectivity index (χ1) is 18.0. The molecule has 14 nitrogen and oxygen atoms in total. The fraction of sp³-hybridized carbons (Fsp3) is 0.375. The SMILES string of the molecule is CCOC(=O)NC(=O)C(=NNc1cc(C)c(Oc2cc(C(C)C)c(=O)[nH]n2)c(C)c1)C(=O)NC(=O)OCC. The first-order valence-electron chi connectivity index (χ1n) is 11.6. The predicted octanol–water partition coefficient (Wildman–Crippen LogP) is 2.62. The number of benzene rings is 1. The molecule has 0 atom stereocenters. The van der Waals surface area contributed by atoms with Gasteiger partial charge in [0, 0.05) is 11.6 Å². The Morgan fingerprint density at radius 3 is 1.95 bits per heavy atom. The van der Waals surface area contributed by atoms with Crippen molar-refractivity contribution in [3.8, 4) is 11.6 Å². The summed E-state index contributed by atoms with van der Waals surface area (Å²) in [5.74, 6) is -1.79. The van der Waals surface area contributed by atoms with Crippen molar-refractivity contribution in [3.63, 3.8) is 0 Å². The number of aromatic nitrogens is 2. The van der Waals surface area contributed by atoms with Gasteiger partial charge in [-0.3, -0.25) is 30.4 Å². The molecule has 38 heavy (non-hydrogen) atoms. The van der Waals surface area contributed by atoms with Crippen LogP contribution in [0.25, 0.3) is 0 Å². The van der Waals surface area contributed by atoms with Gasteiger partial charge in [0.2, 0.25) is 11.6 Å². The first kappa shape index (κ1) is 29.5. The molecule has 1 aromatic carbocycles. The second kappa shape index (κ2) is 13.5. The van der Waals surface area contributed by atoms with Gasteiger partial charge in [0.1, 0.15) is 5.75 Å². The summed E-state index contributed by atoms with van der Waals surface area (Å²) in [5, 5.41) is 13.8. The smallest absolute Gasteiger partial charge is 0.414 e. The number of hydrogen-bond acceptors (Lipinski definition) is 11. The zero-order valence-corrected chi connectivity index (χ0v) is 21.9. The molecule has 0 fully saturated rings. The van der Waals surface area contributed by atoms with Crippen LogP contribution in [0.2, 0.25) is 0 Å². The van der Waals surface area contributed by atoms with Crippen LogP contribution >= 0.6 is 0 Å². The van der Waals surface area contributed by atoms with Crippen LogP contribution in [0, 0.1) is 13.8 Å². The van der Waals surface area contributed by atoms with Gasteiger partial charge in [0.15, 0.2) is 0 Å². The molecule has 0 unspecified atom stereocenters. The van der Waals surface area contributed by atoms with E-state index < -0.39 is 29.7 Å². The molecule has 4 amide bonds. The van der Waals surface area contributed by atoms with Crippen LogP contribution in [0.15, 0.2) is 28.1 Å². The zero-order chi connectivity index (χ0) is 28.4. The molecule has 0 saturated carbocycles. The van der Waals surface area contributed by atoms with Crippen molar-refractivity contribution in [2.75, 3.05) is 18.6 Å². The van der Waals surface area contributed by atoms with E-state index in [-0.39, 0.29) is 30.6 Å². The highest BCUT2D eigenvalue weighted by Gasteiger charge is 2.25. The third kappa shape index (κ3) is 8.15. The number of imide groups is 2. The second-order valence-electron chi connectivity index (χ2n) is 8.11. The van der Waals surface area contributed by atoms with Crippen molar-refractivity contribution < 1.29 is 33.4 Å². The van der Waals surface area contributed by atoms with E-state index in [0.29, 0.717) is 28.1 Å². The fourth-order valence-corrected chi connectivity index (χ4v) is 3.13. The van der Waals surface area contributed by atoms with Crippen LogP contribution in [0.4, 0.5) is 15.3 Å². The normalized spacial score (nSPS) is 10.3. The van der Waals surface area contributed by atoms with Crippen molar-refractivity contribution in [3.05, 3.63) is 45.2 Å². The average molecular weight is 531 g/mol. The molecule has 204 valence electrons. The lowest BCUT2D eigenvalue weighted by atomic mass is 10.1. The Balaban J connectivity index is 2.31. The average Bonchev–Trinajstić information content (AvgIpc) is 2.82. The molecule has 2 aromatic rings. The number of carbonyl (C=O) groups excluding carboxylic acids is 4. The van der Waals surface area contributed by atoms with Crippen molar-refractivity contribution in [2.45, 2.75) is 47.5 Å². The van der Waals surface area contributed by atoms with Gasteiger partial charge in [-0.2, -0.15) is 5.10 Å². The Morgan fingerprint density at radius 2 is 1.47 bits per heavy atom. The van der Waals surface area contributed by atoms with Gasteiger partial charge in [-0.15, -0.1) is 5.10 Å². The maximum absolute atomic E-state index is 12.5. The number of hydrogen-bond donors (Lipinski definition) is 4. The van der Waals surface area contributed by atoms with Gasteiger partial charge in [-0.1, -0.05) is 13.8 Å². The largest absolute Gasteiger partial charge is 0.450 e. The Hall–Kier alpha value is -4.75. The monoisotopic (exact) mass is 530 g/mol. The van der Waals surface area contributed by atoms with Crippen LogP contribution in [-0.4, -0.2) is 53.1 Å². The number of nitrogens with zero attached hydrogens (tertiary/aromatic N) is 2. The summed E-state index contributed by atoms with van der Waals surface area (Å²) in [6, 6.07) is 4.80. The third-order valence-electron chi connectivity index (χ3n) is 4.81. The highest BCUT2D eigenvalue weighted by atomic mass is 16.6. The maximum atomic E-state index is 12.5. The fourth-order valence-electron chi connectivity index (χ4n) is 3.13. The summed E-state index contributed by atoms with van der Waals surface area (Å²) in [4.78, 5) is 60.2. The highest BCUT2D eigenvalue weighted by molar-refractivity contribution is 6.66. The minimum Gasteiger partial charge on any atom is -0.450 e. The molecule has 14 heteroatoms. The molecular formula is C24H30N6O8. The second-order valence-corrected chi connectivity index (χ2v) is 8.11. The number of H-pyrrole nitrogens is 1. The quantitative estimate of drug-likeness (QED) is 0.213. The minimum atomic E-state index is -1.21. The number of anilines is 1. The van der Waals surface area contributed by atoms with E-state index in [2.05, 4.69) is 30.2 Å². The van der Waals surface area contributed by atoms with Crippen molar-refractivity contribution in [1.29, 1.82) is 0 Å². The summed E-state index contributed by atoms with van der Waals surface area (Å²) in [5.41, 5.74) is 3.58. The lowest BCUT2D eigenvalue weighted by Gasteiger charge is -2.14. The molecule has 2 rings (SSSR count). The predicted molar refractivity (Wildman–Crippen MR) is 136 cm³/mol. The van der Waals surface area contributed by atoms with Gasteiger partial charge in [-0.25, -0.2) is 14.7 Å². The van der Waals surface area contributed by atoms with Gasteiger partial charge >= 0.3 is 12.2 Å². The molecule has 0 aliphatic rings. The van der Waals surface area contributed by atoms with E-state index in [1.54, 1.807) is 32.0 Å². The summed E-state index contributed by atoms with van der Waals surface area (Å²) < 4.78 is 15.2. The lowest BCUT2D eigenvalue weighted by Crippen LogP contribution is -2.46. The molecular weight excluding hydrogens is 500 g/mol. The van der Waals surface area contributed by atoms with Crippen LogP contribution in [-0.2, 0) is 19.1 Å². The lowest BCUT2D eigenvalue weighted by molar-refractivity contribution is -0.118. The maximum Gasteiger partial charge on any atom is 0.414 e. The molecule has 0 radical (unpaired) electrons. The van der Waals surface area contributed by atoms with E-state index in [1.807, 2.05) is 24.5 Å².